The molecule has 0 radical (unpaired) electrons. The van der Waals surface area contributed by atoms with Gasteiger partial charge in [-0.2, -0.15) is 11.8 Å². The van der Waals surface area contributed by atoms with Gasteiger partial charge in [0, 0.05) is 20.2 Å². The molecule has 0 atom stereocenters. The van der Waals surface area contributed by atoms with Gasteiger partial charge >= 0.3 is 0 Å². The number of carbonyl (C=O) groups excluding carboxylic acids is 1. The maximum atomic E-state index is 12.4. The minimum atomic E-state index is -0.186. The summed E-state index contributed by atoms with van der Waals surface area (Å²) in [4.78, 5) is 14.9. The fourth-order valence-corrected chi connectivity index (χ4v) is 4.33. The molecule has 1 saturated carbocycles. The van der Waals surface area contributed by atoms with Gasteiger partial charge in [-0.15, -0.1) is 0 Å². The highest BCUT2D eigenvalue weighted by Crippen LogP contribution is 2.39. The van der Waals surface area contributed by atoms with Crippen molar-refractivity contribution in [3.05, 3.63) is 0 Å². The molecule has 6 heteroatoms. The second-order valence-corrected chi connectivity index (χ2v) is 7.49. The number of hydrogen-bond donors (Lipinski definition) is 1. The fraction of sp³-hybridized carbons (Fsp3) is 0.857. The molecule has 2 aliphatic rings. The van der Waals surface area contributed by atoms with Crippen molar-refractivity contribution in [2.75, 3.05) is 26.5 Å². The quantitative estimate of drug-likeness (QED) is 0.786. The van der Waals surface area contributed by atoms with E-state index in [4.69, 9.17) is 22.7 Å². The van der Waals surface area contributed by atoms with E-state index in [1.165, 1.54) is 0 Å². The molecule has 0 aromatic heterocycles. The van der Waals surface area contributed by atoms with Gasteiger partial charge < -0.3 is 15.4 Å². The normalized spacial score (nSPS) is 24.0. The summed E-state index contributed by atoms with van der Waals surface area (Å²) >= 11 is 6.92. The predicted octanol–water partition coefficient (Wildman–Crippen LogP) is 1.96. The van der Waals surface area contributed by atoms with Crippen LogP contribution in [-0.2, 0) is 9.53 Å². The van der Waals surface area contributed by atoms with E-state index in [0.717, 1.165) is 45.2 Å². The van der Waals surface area contributed by atoms with Crippen molar-refractivity contribution in [1.29, 1.82) is 0 Å². The number of hydrogen-bond acceptors (Lipinski definition) is 4. The Bertz CT molecular complexity index is 383. The van der Waals surface area contributed by atoms with Crippen molar-refractivity contribution in [3.63, 3.8) is 0 Å². The average Bonchev–Trinajstić information content (AvgIpc) is 2.42. The average molecular weight is 316 g/mol. The number of amides is 1. The molecule has 0 bridgehead atoms. The van der Waals surface area contributed by atoms with E-state index >= 15 is 0 Å². The van der Waals surface area contributed by atoms with Crippen LogP contribution in [0.5, 0.6) is 0 Å². The number of thioether (sulfide) groups is 1. The lowest BCUT2D eigenvalue weighted by Crippen LogP contribution is -2.52. The van der Waals surface area contributed by atoms with Crippen LogP contribution in [0.3, 0.4) is 0 Å². The summed E-state index contributed by atoms with van der Waals surface area (Å²) in [7, 11) is 1.72. The second kappa shape index (κ2) is 6.20. The van der Waals surface area contributed by atoms with E-state index in [1.54, 1.807) is 18.9 Å². The highest BCUT2D eigenvalue weighted by Gasteiger charge is 2.42. The Balaban J connectivity index is 1.90. The summed E-state index contributed by atoms with van der Waals surface area (Å²) in [5, 5.41) is 0. The van der Waals surface area contributed by atoms with Crippen LogP contribution >= 0.6 is 24.0 Å². The standard InChI is InChI=1S/C14H24N2O2S2/c1-18-13(4-3-5-13)10-11(17)16-8-6-14(20-2,7-9-16)12(15)19/h3-10H2,1-2H3,(H2,15,19). The maximum Gasteiger partial charge on any atom is 0.225 e. The van der Waals surface area contributed by atoms with Gasteiger partial charge in [0.05, 0.1) is 21.8 Å². The SMILES string of the molecule is COC1(CC(=O)N2CCC(SC)(C(N)=S)CC2)CCC1. The molecular weight excluding hydrogens is 292 g/mol. The van der Waals surface area contributed by atoms with Crippen molar-refractivity contribution in [2.45, 2.75) is 48.9 Å². The minimum absolute atomic E-state index is 0.123. The molecule has 0 unspecified atom stereocenters. The predicted molar refractivity (Wildman–Crippen MR) is 87.1 cm³/mol. The summed E-state index contributed by atoms with van der Waals surface area (Å²) in [6, 6.07) is 0. The number of rotatable bonds is 5. The van der Waals surface area contributed by atoms with E-state index in [-0.39, 0.29) is 16.3 Å². The lowest BCUT2D eigenvalue weighted by atomic mass is 9.77. The fourth-order valence-electron chi connectivity index (χ4n) is 3.08. The smallest absolute Gasteiger partial charge is 0.225 e. The molecule has 1 heterocycles. The van der Waals surface area contributed by atoms with Crippen LogP contribution < -0.4 is 5.73 Å². The van der Waals surface area contributed by atoms with Crippen molar-refractivity contribution in [1.82, 2.24) is 4.90 Å². The van der Waals surface area contributed by atoms with Gasteiger partial charge in [-0.3, -0.25) is 4.79 Å². The Hall–Kier alpha value is -0.330. The molecule has 2 fully saturated rings. The van der Waals surface area contributed by atoms with Crippen molar-refractivity contribution >= 4 is 34.9 Å². The largest absolute Gasteiger partial charge is 0.392 e. The van der Waals surface area contributed by atoms with E-state index in [1.807, 2.05) is 11.2 Å². The molecule has 0 aromatic rings. The molecule has 114 valence electrons. The molecule has 1 amide bonds. The van der Waals surface area contributed by atoms with Crippen LogP contribution in [0, 0.1) is 0 Å². The Labute approximate surface area is 130 Å². The molecule has 1 aliphatic carbocycles. The summed E-state index contributed by atoms with van der Waals surface area (Å²) in [6.07, 6.45) is 7.45. The third-order valence-electron chi connectivity index (χ3n) is 4.93. The zero-order chi connectivity index (χ0) is 14.8. The number of piperidine rings is 1. The molecule has 2 rings (SSSR count). The highest BCUT2D eigenvalue weighted by atomic mass is 32.2. The van der Waals surface area contributed by atoms with Crippen molar-refractivity contribution in [2.24, 2.45) is 5.73 Å². The number of likely N-dealkylation sites (tertiary alicyclic amines) is 1. The van der Waals surface area contributed by atoms with Gasteiger partial charge in [0.2, 0.25) is 5.91 Å². The Morgan fingerprint density at radius 3 is 2.30 bits per heavy atom. The summed E-state index contributed by atoms with van der Waals surface area (Å²) in [5.41, 5.74) is 5.69. The Morgan fingerprint density at radius 2 is 1.95 bits per heavy atom. The lowest BCUT2D eigenvalue weighted by molar-refractivity contribution is -0.145. The third-order valence-corrected chi connectivity index (χ3v) is 6.86. The van der Waals surface area contributed by atoms with Gasteiger partial charge in [-0.25, -0.2) is 0 Å². The van der Waals surface area contributed by atoms with E-state index < -0.39 is 0 Å². The van der Waals surface area contributed by atoms with Gasteiger partial charge in [-0.1, -0.05) is 12.2 Å². The molecule has 4 nitrogen and oxygen atoms in total. The molecular formula is C14H24N2O2S2. The molecule has 2 N–H and O–H groups in total. The third kappa shape index (κ3) is 2.97. The first-order valence-electron chi connectivity index (χ1n) is 7.15. The number of carbonyl (C=O) groups is 1. The maximum absolute atomic E-state index is 12.4. The van der Waals surface area contributed by atoms with Gasteiger partial charge in [0.15, 0.2) is 0 Å². The molecule has 1 aliphatic heterocycles. The summed E-state index contributed by atoms with van der Waals surface area (Å²) in [6.45, 7) is 1.49. The molecule has 1 saturated heterocycles. The zero-order valence-electron chi connectivity index (χ0n) is 12.3. The second-order valence-electron chi connectivity index (χ2n) is 5.86. The Morgan fingerprint density at radius 1 is 1.35 bits per heavy atom. The number of thiocarbonyl (C=S) groups is 1. The Kier molecular flexibility index (Phi) is 4.97. The first-order valence-corrected chi connectivity index (χ1v) is 8.78. The number of ether oxygens (including phenoxy) is 1. The van der Waals surface area contributed by atoms with Crippen molar-refractivity contribution in [3.8, 4) is 0 Å². The lowest BCUT2D eigenvalue weighted by Gasteiger charge is -2.44. The van der Waals surface area contributed by atoms with Crippen molar-refractivity contribution < 1.29 is 9.53 Å². The van der Waals surface area contributed by atoms with Crippen LogP contribution in [0.1, 0.15) is 38.5 Å². The first kappa shape index (κ1) is 16.0. The van der Waals surface area contributed by atoms with Crippen LogP contribution in [0.4, 0.5) is 0 Å². The monoisotopic (exact) mass is 316 g/mol. The van der Waals surface area contributed by atoms with Crippen LogP contribution in [0.2, 0.25) is 0 Å². The summed E-state index contributed by atoms with van der Waals surface area (Å²) in [5.74, 6) is 0.212. The molecule has 0 aromatic carbocycles. The topological polar surface area (TPSA) is 55.6 Å². The number of nitrogens with two attached hydrogens (primary N) is 1. The van der Waals surface area contributed by atoms with E-state index in [0.29, 0.717) is 11.4 Å². The summed E-state index contributed by atoms with van der Waals surface area (Å²) < 4.78 is 5.42. The van der Waals surface area contributed by atoms with Crippen LogP contribution in [-0.4, -0.2) is 52.6 Å². The van der Waals surface area contributed by atoms with Gasteiger partial charge in [0.1, 0.15) is 0 Å². The van der Waals surface area contributed by atoms with E-state index in [2.05, 4.69) is 0 Å². The first-order chi connectivity index (χ1) is 9.47. The van der Waals surface area contributed by atoms with Crippen LogP contribution in [0.15, 0.2) is 0 Å². The number of methoxy groups -OCH3 is 1. The number of nitrogens with zero attached hydrogens (tertiary/aromatic N) is 1. The van der Waals surface area contributed by atoms with E-state index in [9.17, 15) is 4.79 Å². The molecule has 20 heavy (non-hydrogen) atoms. The van der Waals surface area contributed by atoms with Crippen LogP contribution in [0.25, 0.3) is 0 Å². The van der Waals surface area contributed by atoms with Gasteiger partial charge in [0.25, 0.3) is 0 Å². The minimum Gasteiger partial charge on any atom is -0.392 e. The van der Waals surface area contributed by atoms with Gasteiger partial charge in [-0.05, 0) is 38.4 Å². The highest BCUT2D eigenvalue weighted by molar-refractivity contribution is 8.02. The zero-order valence-corrected chi connectivity index (χ0v) is 13.9. The molecule has 0 spiro atoms.